The van der Waals surface area contributed by atoms with Gasteiger partial charge < -0.3 is 10.3 Å². The van der Waals surface area contributed by atoms with E-state index in [1.807, 2.05) is 48.7 Å². The van der Waals surface area contributed by atoms with Crippen LogP contribution in [0.15, 0.2) is 91.4 Å². The molecule has 9 heteroatoms. The van der Waals surface area contributed by atoms with Crippen LogP contribution in [0.2, 0.25) is 0 Å². The second-order valence-electron chi connectivity index (χ2n) is 9.16. The van der Waals surface area contributed by atoms with Crippen LogP contribution in [0.1, 0.15) is 15.2 Å². The molecule has 0 aliphatic carbocycles. The number of aromatic amines is 2. The lowest BCUT2D eigenvalue weighted by atomic mass is 10.1. The number of aromatic nitrogens is 6. The number of carbonyl (C=O) groups is 1. The molecule has 8 nitrogen and oxygen atoms in total. The number of rotatable bonds is 5. The fourth-order valence-electron chi connectivity index (χ4n) is 4.63. The highest BCUT2D eigenvalue weighted by Gasteiger charge is 2.17. The predicted octanol–water partition coefficient (Wildman–Crippen LogP) is 6.85. The molecule has 39 heavy (non-hydrogen) atoms. The van der Waals surface area contributed by atoms with Crippen molar-refractivity contribution in [1.82, 2.24) is 30.1 Å². The minimum atomic E-state index is -0.194. The van der Waals surface area contributed by atoms with Gasteiger partial charge in [-0.1, -0.05) is 18.2 Å². The number of nitrogens with one attached hydrogen (secondary N) is 3. The van der Waals surface area contributed by atoms with Crippen LogP contribution >= 0.6 is 11.3 Å². The number of benzene rings is 1. The molecule has 0 fully saturated rings. The summed E-state index contributed by atoms with van der Waals surface area (Å²) in [5.41, 5.74) is 7.74. The minimum absolute atomic E-state index is 0.194. The summed E-state index contributed by atoms with van der Waals surface area (Å²) in [6, 6.07) is 23.1. The second kappa shape index (κ2) is 9.30. The summed E-state index contributed by atoms with van der Waals surface area (Å²) >= 11 is 1.73. The Morgan fingerprint density at radius 3 is 2.67 bits per heavy atom. The zero-order valence-corrected chi connectivity index (χ0v) is 21.6. The molecule has 188 valence electrons. The van der Waals surface area contributed by atoms with E-state index in [-0.39, 0.29) is 5.91 Å². The van der Waals surface area contributed by atoms with Gasteiger partial charge in [0.1, 0.15) is 11.2 Å². The van der Waals surface area contributed by atoms with Crippen LogP contribution < -0.4 is 5.32 Å². The smallest absolute Gasteiger partial charge is 0.255 e. The van der Waals surface area contributed by atoms with Crippen molar-refractivity contribution in [2.24, 2.45) is 0 Å². The first-order valence-electron chi connectivity index (χ1n) is 12.3. The molecule has 0 aliphatic heterocycles. The molecule has 7 aromatic rings. The van der Waals surface area contributed by atoms with E-state index in [4.69, 9.17) is 4.98 Å². The van der Waals surface area contributed by atoms with Gasteiger partial charge in [-0.15, -0.1) is 11.3 Å². The van der Waals surface area contributed by atoms with E-state index in [1.165, 1.54) is 4.88 Å². The molecule has 7 rings (SSSR count). The van der Waals surface area contributed by atoms with Gasteiger partial charge in [-0.25, -0.2) is 4.98 Å². The number of amides is 1. The molecule has 6 heterocycles. The van der Waals surface area contributed by atoms with Crippen molar-refractivity contribution < 1.29 is 4.79 Å². The van der Waals surface area contributed by atoms with Crippen molar-refractivity contribution in [3.63, 3.8) is 0 Å². The number of carbonyl (C=O) groups excluding carboxylic acids is 1. The summed E-state index contributed by atoms with van der Waals surface area (Å²) in [6.45, 7) is 2.10. The lowest BCUT2D eigenvalue weighted by Gasteiger charge is -2.07. The lowest BCUT2D eigenvalue weighted by Crippen LogP contribution is -2.11. The largest absolute Gasteiger partial charge is 0.353 e. The van der Waals surface area contributed by atoms with Crippen LogP contribution in [-0.2, 0) is 0 Å². The molecule has 0 unspecified atom stereocenters. The van der Waals surface area contributed by atoms with Crippen molar-refractivity contribution in [1.29, 1.82) is 0 Å². The SMILES string of the molecule is Cc1ccc(-c2nccc3[nH]c(-c4n[nH]c5ccc(-c6cncc(NC(=O)c7ccccc7)c6)nc45)cc23)s1. The quantitative estimate of drug-likeness (QED) is 0.227. The molecule has 1 aromatic carbocycles. The fourth-order valence-corrected chi connectivity index (χ4v) is 5.51. The van der Waals surface area contributed by atoms with Crippen LogP contribution in [0.3, 0.4) is 0 Å². The summed E-state index contributed by atoms with van der Waals surface area (Å²) < 4.78 is 0. The Morgan fingerprint density at radius 2 is 1.82 bits per heavy atom. The molecule has 6 aromatic heterocycles. The third-order valence-corrected chi connectivity index (χ3v) is 7.52. The molecule has 0 spiro atoms. The molecule has 0 aliphatic rings. The summed E-state index contributed by atoms with van der Waals surface area (Å²) in [4.78, 5) is 32.4. The Labute approximate surface area is 226 Å². The zero-order valence-electron chi connectivity index (χ0n) is 20.8. The Kier molecular flexibility index (Phi) is 5.49. The van der Waals surface area contributed by atoms with E-state index in [0.29, 0.717) is 11.3 Å². The standard InChI is InChI=1S/C30H21N7OS/c1-17-7-10-26(39-17)27-21-14-25(34-23(21)11-12-32-27)29-28-24(36-37-29)9-8-22(35-28)19-13-20(16-31-15-19)33-30(38)18-5-3-2-4-6-18/h2-16,34H,1H3,(H,33,38)(H,36,37). The molecule has 1 amide bonds. The van der Waals surface area contributed by atoms with Crippen LogP contribution in [0.5, 0.6) is 0 Å². The molecule has 0 saturated heterocycles. The van der Waals surface area contributed by atoms with E-state index >= 15 is 0 Å². The Balaban J connectivity index is 1.25. The van der Waals surface area contributed by atoms with E-state index in [2.05, 4.69) is 55.6 Å². The number of fused-ring (bicyclic) bond motifs is 2. The van der Waals surface area contributed by atoms with Crippen LogP contribution in [-0.4, -0.2) is 36.0 Å². The van der Waals surface area contributed by atoms with Gasteiger partial charge in [0.2, 0.25) is 0 Å². The summed E-state index contributed by atoms with van der Waals surface area (Å²) in [6.07, 6.45) is 5.18. The highest BCUT2D eigenvalue weighted by Crippen LogP contribution is 2.35. The highest BCUT2D eigenvalue weighted by atomic mass is 32.1. The van der Waals surface area contributed by atoms with Gasteiger partial charge in [0, 0.05) is 39.3 Å². The van der Waals surface area contributed by atoms with Gasteiger partial charge in [-0.05, 0) is 61.5 Å². The van der Waals surface area contributed by atoms with Gasteiger partial charge in [0.15, 0.2) is 0 Å². The first-order valence-corrected chi connectivity index (χ1v) is 13.2. The number of aryl methyl sites for hydroxylation is 1. The van der Waals surface area contributed by atoms with Crippen molar-refractivity contribution in [2.75, 3.05) is 5.32 Å². The summed E-state index contributed by atoms with van der Waals surface area (Å²) in [5, 5.41) is 11.6. The number of anilines is 1. The van der Waals surface area contributed by atoms with Crippen molar-refractivity contribution in [3.8, 4) is 33.2 Å². The summed E-state index contributed by atoms with van der Waals surface area (Å²) in [7, 11) is 0. The topological polar surface area (TPSA) is 112 Å². The number of pyridine rings is 3. The van der Waals surface area contributed by atoms with Gasteiger partial charge in [-0.3, -0.25) is 19.9 Å². The van der Waals surface area contributed by atoms with Crippen molar-refractivity contribution >= 4 is 44.9 Å². The number of thiophene rings is 1. The molecule has 0 atom stereocenters. The van der Waals surface area contributed by atoms with Crippen LogP contribution in [0.4, 0.5) is 5.69 Å². The molecule has 0 radical (unpaired) electrons. The van der Waals surface area contributed by atoms with Crippen molar-refractivity contribution in [3.05, 3.63) is 102 Å². The minimum Gasteiger partial charge on any atom is -0.353 e. The fraction of sp³-hybridized carbons (Fsp3) is 0.0333. The second-order valence-corrected chi connectivity index (χ2v) is 10.4. The Morgan fingerprint density at radius 1 is 0.923 bits per heavy atom. The van der Waals surface area contributed by atoms with Crippen LogP contribution in [0.25, 0.3) is 55.2 Å². The predicted molar refractivity (Wildman–Crippen MR) is 155 cm³/mol. The first kappa shape index (κ1) is 23.0. The van der Waals surface area contributed by atoms with E-state index in [1.54, 1.807) is 35.9 Å². The average molecular weight is 528 g/mol. The third kappa shape index (κ3) is 4.24. The van der Waals surface area contributed by atoms with Gasteiger partial charge in [0.05, 0.1) is 39.4 Å². The highest BCUT2D eigenvalue weighted by molar-refractivity contribution is 7.15. The maximum atomic E-state index is 12.6. The molecular formula is C30H21N7OS. The number of hydrogen-bond acceptors (Lipinski definition) is 6. The summed E-state index contributed by atoms with van der Waals surface area (Å²) in [5.74, 6) is -0.194. The maximum Gasteiger partial charge on any atom is 0.255 e. The number of nitrogens with zero attached hydrogens (tertiary/aromatic N) is 4. The Bertz CT molecular complexity index is 1990. The zero-order chi connectivity index (χ0) is 26.3. The van der Waals surface area contributed by atoms with E-state index in [9.17, 15) is 4.79 Å². The van der Waals surface area contributed by atoms with E-state index < -0.39 is 0 Å². The molecule has 0 bridgehead atoms. The van der Waals surface area contributed by atoms with Crippen LogP contribution in [0, 0.1) is 6.92 Å². The van der Waals surface area contributed by atoms with Crippen molar-refractivity contribution in [2.45, 2.75) is 6.92 Å². The molecule has 3 N–H and O–H groups in total. The van der Waals surface area contributed by atoms with Gasteiger partial charge in [0.25, 0.3) is 5.91 Å². The normalized spacial score (nSPS) is 11.3. The monoisotopic (exact) mass is 527 g/mol. The van der Waals surface area contributed by atoms with Gasteiger partial charge in [-0.2, -0.15) is 5.10 Å². The molecule has 0 saturated carbocycles. The van der Waals surface area contributed by atoms with E-state index in [0.717, 1.165) is 55.2 Å². The molecular weight excluding hydrogens is 506 g/mol. The number of H-pyrrole nitrogens is 2. The first-order chi connectivity index (χ1) is 19.1. The average Bonchev–Trinajstić information content (AvgIpc) is 3.71. The maximum absolute atomic E-state index is 12.6. The van der Waals surface area contributed by atoms with Gasteiger partial charge >= 0.3 is 0 Å². The third-order valence-electron chi connectivity index (χ3n) is 6.51. The Hall–Kier alpha value is -5.15. The number of hydrogen-bond donors (Lipinski definition) is 3. The lowest BCUT2D eigenvalue weighted by molar-refractivity contribution is 0.102.